The molecule has 1 aromatic carbocycles. The van der Waals surface area contributed by atoms with Crippen LogP contribution in [0.2, 0.25) is 0 Å². The highest BCUT2D eigenvalue weighted by atomic mass is 79.9. The molecule has 2 aliphatic rings. The van der Waals surface area contributed by atoms with Crippen LogP contribution in [-0.4, -0.2) is 5.91 Å². The number of nitrogens with one attached hydrogen (secondary N) is 1. The van der Waals surface area contributed by atoms with Crippen LogP contribution in [0.3, 0.4) is 0 Å². The smallest absolute Gasteiger partial charge is 0.235 e. The Morgan fingerprint density at radius 1 is 1.40 bits per heavy atom. The molecule has 1 aromatic rings. The summed E-state index contributed by atoms with van der Waals surface area (Å²) in [6.45, 7) is 0. The van der Waals surface area contributed by atoms with E-state index in [1.807, 2.05) is 0 Å². The van der Waals surface area contributed by atoms with E-state index in [9.17, 15) is 9.18 Å². The van der Waals surface area contributed by atoms with Crippen LogP contribution in [0.25, 0.3) is 0 Å². The summed E-state index contributed by atoms with van der Waals surface area (Å²) in [6.07, 6.45) is 2.83. The van der Waals surface area contributed by atoms with E-state index in [1.165, 1.54) is 6.07 Å². The lowest BCUT2D eigenvalue weighted by atomic mass is 9.65. The SMILES string of the molecule is O=C1Nc2cc(F)c(Br)cc2C12CCC2. The summed E-state index contributed by atoms with van der Waals surface area (Å²) in [7, 11) is 0. The van der Waals surface area contributed by atoms with Gasteiger partial charge in [-0.3, -0.25) is 4.79 Å². The third kappa shape index (κ3) is 1.06. The molecule has 4 heteroatoms. The normalized spacial score (nSPS) is 21.1. The second-order valence-corrected chi connectivity index (χ2v) is 5.06. The van der Waals surface area contributed by atoms with Crippen LogP contribution in [0.15, 0.2) is 16.6 Å². The fourth-order valence-electron chi connectivity index (χ4n) is 2.44. The van der Waals surface area contributed by atoms with Crippen LogP contribution in [0.5, 0.6) is 0 Å². The van der Waals surface area contributed by atoms with E-state index >= 15 is 0 Å². The van der Waals surface area contributed by atoms with Crippen LogP contribution in [0.4, 0.5) is 10.1 Å². The summed E-state index contributed by atoms with van der Waals surface area (Å²) < 4.78 is 13.7. The van der Waals surface area contributed by atoms with E-state index in [1.54, 1.807) is 6.07 Å². The first-order valence-electron chi connectivity index (χ1n) is 4.94. The van der Waals surface area contributed by atoms with Crippen LogP contribution >= 0.6 is 15.9 Å². The van der Waals surface area contributed by atoms with Gasteiger partial charge in [-0.1, -0.05) is 6.42 Å². The molecular formula is C11H9BrFNO. The Hall–Kier alpha value is -0.900. The van der Waals surface area contributed by atoms with Gasteiger partial charge in [0.2, 0.25) is 5.91 Å². The van der Waals surface area contributed by atoms with Gasteiger partial charge in [-0.25, -0.2) is 4.39 Å². The molecule has 0 aromatic heterocycles. The molecule has 0 bridgehead atoms. The van der Waals surface area contributed by atoms with E-state index in [-0.39, 0.29) is 17.1 Å². The lowest BCUT2D eigenvalue weighted by molar-refractivity contribution is -0.123. The van der Waals surface area contributed by atoms with Crippen molar-refractivity contribution in [2.45, 2.75) is 24.7 Å². The highest BCUT2D eigenvalue weighted by molar-refractivity contribution is 9.10. The molecule has 1 saturated carbocycles. The number of hydrogen-bond donors (Lipinski definition) is 1. The minimum Gasteiger partial charge on any atom is -0.325 e. The molecule has 0 radical (unpaired) electrons. The second-order valence-electron chi connectivity index (χ2n) is 4.20. The Balaban J connectivity index is 2.21. The first kappa shape index (κ1) is 9.33. The van der Waals surface area contributed by atoms with Crippen molar-refractivity contribution in [2.75, 3.05) is 5.32 Å². The van der Waals surface area contributed by atoms with Crippen molar-refractivity contribution >= 4 is 27.5 Å². The lowest BCUT2D eigenvalue weighted by Crippen LogP contribution is -2.40. The van der Waals surface area contributed by atoms with Crippen LogP contribution in [0.1, 0.15) is 24.8 Å². The molecule has 0 unspecified atom stereocenters. The van der Waals surface area contributed by atoms with Crippen molar-refractivity contribution in [3.05, 3.63) is 28.0 Å². The molecule has 0 saturated heterocycles. The average Bonchev–Trinajstić information content (AvgIpc) is 2.37. The number of anilines is 1. The van der Waals surface area contributed by atoms with Gasteiger partial charge in [-0.05, 0) is 46.5 Å². The number of carbonyl (C=O) groups is 1. The van der Waals surface area contributed by atoms with Gasteiger partial charge in [-0.15, -0.1) is 0 Å². The predicted molar refractivity (Wildman–Crippen MR) is 58.3 cm³/mol. The monoisotopic (exact) mass is 269 g/mol. The molecule has 1 fully saturated rings. The summed E-state index contributed by atoms with van der Waals surface area (Å²) >= 11 is 3.16. The average molecular weight is 270 g/mol. The fourth-order valence-corrected chi connectivity index (χ4v) is 2.78. The molecule has 15 heavy (non-hydrogen) atoms. The zero-order chi connectivity index (χ0) is 10.6. The van der Waals surface area contributed by atoms with Crippen molar-refractivity contribution in [2.24, 2.45) is 0 Å². The molecule has 78 valence electrons. The number of benzene rings is 1. The zero-order valence-corrected chi connectivity index (χ0v) is 9.53. The summed E-state index contributed by atoms with van der Waals surface area (Å²) in [5, 5.41) is 2.76. The fraction of sp³-hybridized carbons (Fsp3) is 0.364. The summed E-state index contributed by atoms with van der Waals surface area (Å²) in [5.41, 5.74) is 1.23. The zero-order valence-electron chi connectivity index (χ0n) is 7.94. The number of hydrogen-bond acceptors (Lipinski definition) is 1. The summed E-state index contributed by atoms with van der Waals surface area (Å²) in [4.78, 5) is 11.8. The quantitative estimate of drug-likeness (QED) is 0.771. The molecule has 1 aliphatic carbocycles. The van der Waals surface area contributed by atoms with Crippen LogP contribution in [-0.2, 0) is 10.2 Å². The van der Waals surface area contributed by atoms with Crippen molar-refractivity contribution < 1.29 is 9.18 Å². The number of carbonyl (C=O) groups excluding carboxylic acids is 1. The Morgan fingerprint density at radius 2 is 2.13 bits per heavy atom. The topological polar surface area (TPSA) is 29.1 Å². The Labute approximate surface area is 95.0 Å². The molecule has 1 aliphatic heterocycles. The third-order valence-electron chi connectivity index (χ3n) is 3.47. The van der Waals surface area contributed by atoms with E-state index < -0.39 is 0 Å². The number of rotatable bonds is 0. The second kappa shape index (κ2) is 2.82. The van der Waals surface area contributed by atoms with E-state index in [0.717, 1.165) is 24.8 Å². The minimum atomic E-state index is -0.356. The maximum absolute atomic E-state index is 13.3. The van der Waals surface area contributed by atoms with Crippen molar-refractivity contribution in [1.82, 2.24) is 0 Å². The molecule has 0 atom stereocenters. The highest BCUT2D eigenvalue weighted by Gasteiger charge is 2.51. The van der Waals surface area contributed by atoms with Crippen molar-refractivity contribution in [1.29, 1.82) is 0 Å². The predicted octanol–water partition coefficient (Wildman–Crippen LogP) is 2.96. The maximum atomic E-state index is 13.3. The molecule has 1 heterocycles. The first-order valence-corrected chi connectivity index (χ1v) is 5.74. The standard InChI is InChI=1S/C11H9BrFNO/c12-7-4-6-9(5-8(7)13)14-10(15)11(6)2-1-3-11/h4-5H,1-3H2,(H,14,15). The van der Waals surface area contributed by atoms with Crippen molar-refractivity contribution in [3.8, 4) is 0 Å². The van der Waals surface area contributed by atoms with Crippen LogP contribution in [0, 0.1) is 5.82 Å². The van der Waals surface area contributed by atoms with Gasteiger partial charge in [0, 0.05) is 5.69 Å². The largest absolute Gasteiger partial charge is 0.325 e. The highest BCUT2D eigenvalue weighted by Crippen LogP contribution is 2.51. The number of halogens is 2. The Morgan fingerprint density at radius 3 is 2.73 bits per heavy atom. The van der Waals surface area contributed by atoms with Gasteiger partial charge < -0.3 is 5.32 Å². The summed E-state index contributed by atoms with van der Waals surface area (Å²) in [6, 6.07) is 3.13. The number of amides is 1. The van der Waals surface area contributed by atoms with Gasteiger partial charge in [-0.2, -0.15) is 0 Å². The Bertz CT molecular complexity index is 468. The van der Waals surface area contributed by atoms with E-state index in [4.69, 9.17) is 0 Å². The molecule has 1 N–H and O–H groups in total. The molecule has 1 amide bonds. The Kier molecular flexibility index (Phi) is 1.75. The van der Waals surface area contributed by atoms with E-state index in [2.05, 4.69) is 21.2 Å². The van der Waals surface area contributed by atoms with Gasteiger partial charge in [0.25, 0.3) is 0 Å². The van der Waals surface area contributed by atoms with Gasteiger partial charge in [0.1, 0.15) is 5.82 Å². The third-order valence-corrected chi connectivity index (χ3v) is 4.07. The summed E-state index contributed by atoms with van der Waals surface area (Å²) in [5.74, 6) is -0.299. The first-order chi connectivity index (χ1) is 7.13. The molecule has 2 nitrogen and oxygen atoms in total. The lowest BCUT2D eigenvalue weighted by Gasteiger charge is -2.36. The van der Waals surface area contributed by atoms with Gasteiger partial charge in [0.05, 0.1) is 9.89 Å². The molecule has 1 spiro atoms. The van der Waals surface area contributed by atoms with Gasteiger partial charge >= 0.3 is 0 Å². The van der Waals surface area contributed by atoms with Crippen molar-refractivity contribution in [3.63, 3.8) is 0 Å². The molecule has 3 rings (SSSR count). The van der Waals surface area contributed by atoms with E-state index in [0.29, 0.717) is 10.2 Å². The van der Waals surface area contributed by atoms with Crippen LogP contribution < -0.4 is 5.32 Å². The minimum absolute atomic E-state index is 0.0289. The molecular weight excluding hydrogens is 261 g/mol. The number of fused-ring (bicyclic) bond motifs is 2. The maximum Gasteiger partial charge on any atom is 0.235 e. The van der Waals surface area contributed by atoms with Gasteiger partial charge in [0.15, 0.2) is 0 Å².